The van der Waals surface area contributed by atoms with Crippen LogP contribution in [0.3, 0.4) is 0 Å². The molecule has 0 aliphatic carbocycles. The SMILES string of the molecule is CCCO[Si](C)(C)F. The zero-order chi connectivity index (χ0) is 6.62. The average Bonchev–Trinajstić information content (AvgIpc) is 1.59. The highest BCUT2D eigenvalue weighted by Crippen LogP contribution is 2.04. The molecule has 0 bridgehead atoms. The van der Waals surface area contributed by atoms with Crippen LogP contribution in [0.15, 0.2) is 0 Å². The number of halogens is 1. The van der Waals surface area contributed by atoms with Crippen molar-refractivity contribution in [2.75, 3.05) is 6.61 Å². The summed E-state index contributed by atoms with van der Waals surface area (Å²) in [6.45, 7) is 5.63. The maximum absolute atomic E-state index is 12.5. The second kappa shape index (κ2) is 3.20. The van der Waals surface area contributed by atoms with Gasteiger partial charge in [0.05, 0.1) is 0 Å². The maximum atomic E-state index is 12.5. The van der Waals surface area contributed by atoms with Gasteiger partial charge in [-0.05, 0) is 19.5 Å². The topological polar surface area (TPSA) is 9.23 Å². The van der Waals surface area contributed by atoms with E-state index in [0.29, 0.717) is 6.61 Å². The molecule has 0 atom stereocenters. The van der Waals surface area contributed by atoms with Gasteiger partial charge in [0.2, 0.25) is 0 Å². The van der Waals surface area contributed by atoms with Crippen LogP contribution in [-0.4, -0.2) is 15.3 Å². The molecule has 0 aromatic carbocycles. The Hall–Kier alpha value is 0.107. The Morgan fingerprint density at radius 3 is 2.12 bits per heavy atom. The van der Waals surface area contributed by atoms with Gasteiger partial charge in [0.1, 0.15) is 0 Å². The maximum Gasteiger partial charge on any atom is 0.377 e. The van der Waals surface area contributed by atoms with Crippen molar-refractivity contribution in [1.82, 2.24) is 0 Å². The minimum Gasteiger partial charge on any atom is -0.392 e. The van der Waals surface area contributed by atoms with Gasteiger partial charge in [-0.3, -0.25) is 4.11 Å². The molecule has 1 nitrogen and oxygen atoms in total. The van der Waals surface area contributed by atoms with Crippen molar-refractivity contribution < 1.29 is 8.53 Å². The van der Waals surface area contributed by atoms with E-state index >= 15 is 0 Å². The highest BCUT2D eigenvalue weighted by atomic mass is 28.4. The highest BCUT2D eigenvalue weighted by Gasteiger charge is 2.20. The second-order valence-electron chi connectivity index (χ2n) is 2.21. The molecular weight excluding hydrogens is 123 g/mol. The van der Waals surface area contributed by atoms with Crippen LogP contribution in [-0.2, 0) is 4.43 Å². The second-order valence-corrected chi connectivity index (χ2v) is 5.23. The molecular formula is C5H13FOSi. The van der Waals surface area contributed by atoms with E-state index in [2.05, 4.69) is 0 Å². The normalized spacial score (nSPS) is 12.0. The third kappa shape index (κ3) is 6.11. The Labute approximate surface area is 51.2 Å². The van der Waals surface area contributed by atoms with Crippen LogP contribution in [0.2, 0.25) is 13.1 Å². The summed E-state index contributed by atoms with van der Waals surface area (Å²) in [5.74, 6) is 0. The van der Waals surface area contributed by atoms with E-state index in [1.54, 1.807) is 13.1 Å². The van der Waals surface area contributed by atoms with Gasteiger partial charge in [-0.1, -0.05) is 6.92 Å². The highest BCUT2D eigenvalue weighted by molar-refractivity contribution is 6.63. The van der Waals surface area contributed by atoms with Crippen LogP contribution in [0, 0.1) is 0 Å². The summed E-state index contributed by atoms with van der Waals surface area (Å²) < 4.78 is 17.3. The van der Waals surface area contributed by atoms with Crippen LogP contribution in [0.25, 0.3) is 0 Å². The lowest BCUT2D eigenvalue weighted by atomic mass is 10.5. The monoisotopic (exact) mass is 136 g/mol. The molecule has 0 aliphatic heterocycles. The van der Waals surface area contributed by atoms with E-state index in [-0.39, 0.29) is 0 Å². The zero-order valence-corrected chi connectivity index (χ0v) is 6.70. The molecule has 50 valence electrons. The first-order valence-corrected chi connectivity index (χ1v) is 5.68. The van der Waals surface area contributed by atoms with E-state index in [1.807, 2.05) is 6.92 Å². The summed E-state index contributed by atoms with van der Waals surface area (Å²) in [5, 5.41) is 0. The first-order valence-electron chi connectivity index (χ1n) is 2.89. The summed E-state index contributed by atoms with van der Waals surface area (Å²) in [7, 11) is -2.68. The molecule has 0 radical (unpaired) electrons. The first-order chi connectivity index (χ1) is 3.56. The quantitative estimate of drug-likeness (QED) is 0.426. The lowest BCUT2D eigenvalue weighted by molar-refractivity contribution is 0.275. The van der Waals surface area contributed by atoms with E-state index in [9.17, 15) is 4.11 Å². The average molecular weight is 136 g/mol. The van der Waals surface area contributed by atoms with Crippen molar-refractivity contribution in [2.24, 2.45) is 0 Å². The predicted molar refractivity (Wildman–Crippen MR) is 34.8 cm³/mol. The molecule has 0 aliphatic rings. The Morgan fingerprint density at radius 1 is 1.50 bits per heavy atom. The Bertz CT molecular complexity index is 59.9. The number of hydrogen-bond donors (Lipinski definition) is 0. The van der Waals surface area contributed by atoms with E-state index < -0.39 is 8.65 Å². The standard InChI is InChI=1S/C5H13FOSi/c1-4-5-7-8(2,3)6/h4-5H2,1-3H3. The van der Waals surface area contributed by atoms with Crippen LogP contribution in [0.5, 0.6) is 0 Å². The molecule has 0 amide bonds. The fourth-order valence-corrected chi connectivity index (χ4v) is 1.03. The van der Waals surface area contributed by atoms with E-state index in [0.717, 1.165) is 6.42 Å². The molecule has 8 heavy (non-hydrogen) atoms. The van der Waals surface area contributed by atoms with Gasteiger partial charge in [0.25, 0.3) is 0 Å². The molecule has 0 heterocycles. The molecule has 3 heteroatoms. The molecule has 0 fully saturated rings. The molecule has 0 saturated heterocycles. The minimum absolute atomic E-state index is 0.565. The third-order valence-electron chi connectivity index (χ3n) is 0.649. The summed E-state index contributed by atoms with van der Waals surface area (Å²) in [5.41, 5.74) is 0. The zero-order valence-electron chi connectivity index (χ0n) is 5.70. The number of rotatable bonds is 3. The van der Waals surface area contributed by atoms with Crippen LogP contribution in [0.4, 0.5) is 4.11 Å². The minimum atomic E-state index is -2.68. The van der Waals surface area contributed by atoms with Crippen molar-refractivity contribution in [1.29, 1.82) is 0 Å². The van der Waals surface area contributed by atoms with Crippen LogP contribution in [0.1, 0.15) is 13.3 Å². The Morgan fingerprint density at radius 2 is 2.00 bits per heavy atom. The Balaban J connectivity index is 3.11. The van der Waals surface area contributed by atoms with Gasteiger partial charge < -0.3 is 4.43 Å². The molecule has 0 rings (SSSR count). The van der Waals surface area contributed by atoms with Gasteiger partial charge in [0.15, 0.2) is 0 Å². The van der Waals surface area contributed by atoms with Gasteiger partial charge >= 0.3 is 8.65 Å². The van der Waals surface area contributed by atoms with Gasteiger partial charge in [-0.2, -0.15) is 0 Å². The van der Waals surface area contributed by atoms with Crippen molar-refractivity contribution in [3.05, 3.63) is 0 Å². The third-order valence-corrected chi connectivity index (χ3v) is 1.54. The summed E-state index contributed by atoms with van der Waals surface area (Å²) >= 11 is 0. The van der Waals surface area contributed by atoms with Crippen LogP contribution < -0.4 is 0 Å². The molecule has 0 N–H and O–H groups in total. The van der Waals surface area contributed by atoms with Crippen molar-refractivity contribution in [2.45, 2.75) is 26.4 Å². The summed E-state index contributed by atoms with van der Waals surface area (Å²) in [6.07, 6.45) is 0.903. The van der Waals surface area contributed by atoms with Crippen molar-refractivity contribution in [3.8, 4) is 0 Å². The first kappa shape index (κ1) is 8.11. The molecule has 0 aromatic rings. The lowest BCUT2D eigenvalue weighted by Crippen LogP contribution is -2.23. The van der Waals surface area contributed by atoms with Gasteiger partial charge in [-0.25, -0.2) is 0 Å². The summed E-state index contributed by atoms with van der Waals surface area (Å²) in [4.78, 5) is 0. The van der Waals surface area contributed by atoms with Crippen molar-refractivity contribution in [3.63, 3.8) is 0 Å². The Kier molecular flexibility index (Phi) is 3.24. The molecule has 0 saturated carbocycles. The largest absolute Gasteiger partial charge is 0.392 e. The fourth-order valence-electron chi connectivity index (χ4n) is 0.345. The fraction of sp³-hybridized carbons (Fsp3) is 1.00. The lowest BCUT2D eigenvalue weighted by Gasteiger charge is -2.10. The molecule has 0 spiro atoms. The van der Waals surface area contributed by atoms with E-state index in [1.165, 1.54) is 0 Å². The summed E-state index contributed by atoms with van der Waals surface area (Å²) in [6, 6.07) is 0. The van der Waals surface area contributed by atoms with Gasteiger partial charge in [0, 0.05) is 6.61 Å². The molecule has 0 aromatic heterocycles. The smallest absolute Gasteiger partial charge is 0.377 e. The van der Waals surface area contributed by atoms with Gasteiger partial charge in [-0.15, -0.1) is 0 Å². The van der Waals surface area contributed by atoms with E-state index in [4.69, 9.17) is 4.43 Å². The number of hydrogen-bond acceptors (Lipinski definition) is 1. The predicted octanol–water partition coefficient (Wildman–Crippen LogP) is 2.08. The molecule has 0 unspecified atom stereocenters. The van der Waals surface area contributed by atoms with Crippen LogP contribution >= 0.6 is 0 Å². The van der Waals surface area contributed by atoms with Crippen molar-refractivity contribution >= 4 is 8.65 Å².